The van der Waals surface area contributed by atoms with Crippen LogP contribution in [0.5, 0.6) is 34.5 Å². The van der Waals surface area contributed by atoms with Crippen LogP contribution in [-0.2, 0) is 0 Å². The maximum atomic E-state index is 12.8. The summed E-state index contributed by atoms with van der Waals surface area (Å²) < 4.78 is 32.5. The molecule has 3 aromatic rings. The van der Waals surface area contributed by atoms with Crippen LogP contribution in [0.1, 0.15) is 26.3 Å². The number of rotatable bonds is 5. The number of carbonyl (C=O) groups excluding carboxylic acids is 2. The van der Waals surface area contributed by atoms with Gasteiger partial charge >= 0.3 is 5.97 Å². The summed E-state index contributed by atoms with van der Waals surface area (Å²) in [6, 6.07) is 14.7. The van der Waals surface area contributed by atoms with Gasteiger partial charge in [0, 0.05) is 11.6 Å². The molecule has 0 amide bonds. The van der Waals surface area contributed by atoms with Gasteiger partial charge in [-0.3, -0.25) is 4.79 Å². The number of methoxy groups -OCH3 is 2. The fourth-order valence-corrected chi connectivity index (χ4v) is 3.59. The zero-order valence-electron chi connectivity index (χ0n) is 17.7. The standard InChI is InChI=1S/C25H18O8/c1-28-19-5-3-4-14(24(19)29-2)10-22-23(26)17-8-7-16(12-20(17)33-22)32-25(27)15-6-9-18-21(11-15)31-13-30-18/h3-12H,13H2,1-2H3. The van der Waals surface area contributed by atoms with E-state index in [1.165, 1.54) is 20.3 Å². The fourth-order valence-electron chi connectivity index (χ4n) is 3.59. The van der Waals surface area contributed by atoms with E-state index >= 15 is 0 Å². The SMILES string of the molecule is COc1cccc(C=C2Oc3cc(OC(=O)c4ccc5c(c4)OCO5)ccc3C2=O)c1OC. The molecule has 0 unspecified atom stereocenters. The van der Waals surface area contributed by atoms with E-state index in [9.17, 15) is 9.59 Å². The highest BCUT2D eigenvalue weighted by molar-refractivity contribution is 6.14. The zero-order chi connectivity index (χ0) is 22.9. The first kappa shape index (κ1) is 20.4. The van der Waals surface area contributed by atoms with Gasteiger partial charge in [-0.15, -0.1) is 0 Å². The molecule has 0 radical (unpaired) electrons. The molecule has 2 heterocycles. The van der Waals surface area contributed by atoms with E-state index in [0.717, 1.165) is 0 Å². The van der Waals surface area contributed by atoms with Crippen molar-refractivity contribution in [1.29, 1.82) is 0 Å². The van der Waals surface area contributed by atoms with Gasteiger partial charge in [0.1, 0.15) is 11.5 Å². The average Bonchev–Trinajstić information content (AvgIpc) is 3.42. The third-order valence-electron chi connectivity index (χ3n) is 5.18. The number of benzene rings is 3. The second-order valence-electron chi connectivity index (χ2n) is 7.14. The monoisotopic (exact) mass is 446 g/mol. The molecule has 5 rings (SSSR count). The van der Waals surface area contributed by atoms with Crippen molar-refractivity contribution in [3.8, 4) is 34.5 Å². The number of para-hydroxylation sites is 1. The second-order valence-corrected chi connectivity index (χ2v) is 7.14. The molecule has 2 aliphatic heterocycles. The minimum absolute atomic E-state index is 0.113. The van der Waals surface area contributed by atoms with Crippen molar-refractivity contribution in [3.63, 3.8) is 0 Å². The number of ether oxygens (including phenoxy) is 6. The van der Waals surface area contributed by atoms with E-state index in [1.54, 1.807) is 54.6 Å². The fraction of sp³-hybridized carbons (Fsp3) is 0.120. The summed E-state index contributed by atoms with van der Waals surface area (Å²) in [7, 11) is 3.06. The number of ketones is 1. The lowest BCUT2D eigenvalue weighted by atomic mass is 10.1. The van der Waals surface area contributed by atoms with Crippen molar-refractivity contribution in [3.05, 3.63) is 77.0 Å². The quantitative estimate of drug-likeness (QED) is 0.326. The molecule has 2 aliphatic rings. The summed E-state index contributed by atoms with van der Waals surface area (Å²) in [5.41, 5.74) is 1.30. The third-order valence-corrected chi connectivity index (χ3v) is 5.18. The molecule has 3 aromatic carbocycles. The van der Waals surface area contributed by atoms with Crippen molar-refractivity contribution >= 4 is 17.8 Å². The number of Topliss-reactive ketones (excluding diaryl/α,β-unsaturated/α-hetero) is 1. The van der Waals surface area contributed by atoms with Gasteiger partial charge < -0.3 is 28.4 Å². The van der Waals surface area contributed by atoms with Crippen molar-refractivity contribution in [2.75, 3.05) is 21.0 Å². The lowest BCUT2D eigenvalue weighted by molar-refractivity contribution is 0.0734. The van der Waals surface area contributed by atoms with Gasteiger partial charge in [0.05, 0.1) is 25.3 Å². The zero-order valence-corrected chi connectivity index (χ0v) is 17.7. The smallest absolute Gasteiger partial charge is 0.343 e. The van der Waals surface area contributed by atoms with E-state index in [0.29, 0.717) is 45.4 Å². The molecular weight excluding hydrogens is 428 g/mol. The minimum atomic E-state index is -0.575. The van der Waals surface area contributed by atoms with Crippen LogP contribution >= 0.6 is 0 Å². The molecule has 0 aromatic heterocycles. The maximum Gasteiger partial charge on any atom is 0.343 e. The lowest BCUT2D eigenvalue weighted by Crippen LogP contribution is -2.08. The van der Waals surface area contributed by atoms with Gasteiger partial charge in [0.2, 0.25) is 12.6 Å². The number of carbonyl (C=O) groups is 2. The molecule has 0 bridgehead atoms. The first-order chi connectivity index (χ1) is 16.1. The van der Waals surface area contributed by atoms with Crippen molar-refractivity contribution < 1.29 is 38.0 Å². The Kier molecular flexibility index (Phi) is 5.10. The highest BCUT2D eigenvalue weighted by Crippen LogP contribution is 2.38. The average molecular weight is 446 g/mol. The molecule has 8 nitrogen and oxygen atoms in total. The number of hydrogen-bond acceptors (Lipinski definition) is 8. The van der Waals surface area contributed by atoms with E-state index in [4.69, 9.17) is 28.4 Å². The Morgan fingerprint density at radius 1 is 0.939 bits per heavy atom. The minimum Gasteiger partial charge on any atom is -0.493 e. The summed E-state index contributed by atoms with van der Waals surface area (Å²) in [6.07, 6.45) is 1.59. The predicted octanol–water partition coefficient (Wildman–Crippen LogP) is 4.27. The van der Waals surface area contributed by atoms with Crippen LogP contribution in [-0.4, -0.2) is 32.8 Å². The Labute approximate surface area is 188 Å². The Morgan fingerprint density at radius 3 is 2.61 bits per heavy atom. The van der Waals surface area contributed by atoms with Crippen LogP contribution in [0.25, 0.3) is 6.08 Å². The molecule has 0 saturated heterocycles. The Morgan fingerprint density at radius 2 is 1.79 bits per heavy atom. The molecule has 0 spiro atoms. The van der Waals surface area contributed by atoms with E-state index in [2.05, 4.69) is 0 Å². The Bertz CT molecular complexity index is 1310. The van der Waals surface area contributed by atoms with Crippen molar-refractivity contribution in [1.82, 2.24) is 0 Å². The summed E-state index contributed by atoms with van der Waals surface area (Å²) in [6.45, 7) is 0.113. The topological polar surface area (TPSA) is 89.5 Å². The molecule has 0 N–H and O–H groups in total. The first-order valence-corrected chi connectivity index (χ1v) is 9.98. The van der Waals surface area contributed by atoms with Crippen LogP contribution in [0.15, 0.2) is 60.4 Å². The largest absolute Gasteiger partial charge is 0.493 e. The predicted molar refractivity (Wildman–Crippen MR) is 116 cm³/mol. The molecule has 0 saturated carbocycles. The van der Waals surface area contributed by atoms with Gasteiger partial charge in [0.15, 0.2) is 28.8 Å². The van der Waals surface area contributed by atoms with Gasteiger partial charge in [-0.2, -0.15) is 0 Å². The van der Waals surface area contributed by atoms with E-state index in [1.807, 2.05) is 0 Å². The maximum absolute atomic E-state index is 12.8. The lowest BCUT2D eigenvalue weighted by Gasteiger charge is -2.10. The second kappa shape index (κ2) is 8.23. The highest BCUT2D eigenvalue weighted by Gasteiger charge is 2.29. The highest BCUT2D eigenvalue weighted by atomic mass is 16.7. The van der Waals surface area contributed by atoms with E-state index < -0.39 is 5.97 Å². The van der Waals surface area contributed by atoms with Gasteiger partial charge in [-0.25, -0.2) is 4.79 Å². The molecule has 8 heteroatoms. The summed E-state index contributed by atoms with van der Waals surface area (Å²) >= 11 is 0. The molecular formula is C25H18O8. The number of fused-ring (bicyclic) bond motifs is 2. The normalized spacial score (nSPS) is 14.6. The van der Waals surface area contributed by atoms with Crippen LogP contribution in [0.2, 0.25) is 0 Å². The molecule has 0 atom stereocenters. The molecule has 166 valence electrons. The van der Waals surface area contributed by atoms with Crippen LogP contribution in [0.4, 0.5) is 0 Å². The number of hydrogen-bond donors (Lipinski definition) is 0. The van der Waals surface area contributed by atoms with Crippen molar-refractivity contribution in [2.45, 2.75) is 0 Å². The Hall–Kier alpha value is -4.46. The van der Waals surface area contributed by atoms with Crippen LogP contribution in [0, 0.1) is 0 Å². The summed E-state index contributed by atoms with van der Waals surface area (Å²) in [5, 5.41) is 0. The Balaban J connectivity index is 1.37. The summed E-state index contributed by atoms with van der Waals surface area (Å²) in [4.78, 5) is 25.4. The summed E-state index contributed by atoms with van der Waals surface area (Å²) in [5.74, 6) is 1.87. The van der Waals surface area contributed by atoms with Crippen LogP contribution in [0.3, 0.4) is 0 Å². The molecule has 33 heavy (non-hydrogen) atoms. The molecule has 0 aliphatic carbocycles. The van der Waals surface area contributed by atoms with Gasteiger partial charge in [0.25, 0.3) is 0 Å². The number of allylic oxidation sites excluding steroid dienone is 1. The third kappa shape index (κ3) is 3.71. The molecule has 0 fully saturated rings. The van der Waals surface area contributed by atoms with Crippen LogP contribution < -0.4 is 28.4 Å². The van der Waals surface area contributed by atoms with Gasteiger partial charge in [-0.05, 0) is 42.5 Å². The first-order valence-electron chi connectivity index (χ1n) is 9.98. The number of esters is 1. The van der Waals surface area contributed by atoms with E-state index in [-0.39, 0.29) is 24.1 Å². The van der Waals surface area contributed by atoms with Gasteiger partial charge in [-0.1, -0.05) is 12.1 Å². The van der Waals surface area contributed by atoms with Crippen molar-refractivity contribution in [2.24, 2.45) is 0 Å².